The largest absolute Gasteiger partial charge is 0.468 e. The molecule has 2 aromatic rings. The van der Waals surface area contributed by atoms with Gasteiger partial charge in [-0.1, -0.05) is 0 Å². The molecule has 1 aliphatic heterocycles. The van der Waals surface area contributed by atoms with E-state index in [4.69, 9.17) is 4.42 Å². The first-order valence-corrected chi connectivity index (χ1v) is 9.90. The van der Waals surface area contributed by atoms with Gasteiger partial charge >= 0.3 is 0 Å². The van der Waals surface area contributed by atoms with Gasteiger partial charge in [0.05, 0.1) is 18.2 Å². The smallest absolute Gasteiger partial charge is 0.257 e. The minimum atomic E-state index is 0.141. The molecule has 0 aromatic carbocycles. The number of imidazole rings is 1. The van der Waals surface area contributed by atoms with E-state index in [1.54, 1.807) is 12.5 Å². The molecule has 2 aliphatic rings. The van der Waals surface area contributed by atoms with Gasteiger partial charge in [0.15, 0.2) is 0 Å². The van der Waals surface area contributed by atoms with Crippen LogP contribution in [0.15, 0.2) is 35.5 Å². The van der Waals surface area contributed by atoms with Gasteiger partial charge in [-0.25, -0.2) is 4.98 Å². The molecule has 2 aromatic heterocycles. The summed E-state index contributed by atoms with van der Waals surface area (Å²) >= 11 is 1.99. The van der Waals surface area contributed by atoms with Crippen LogP contribution in [-0.4, -0.2) is 44.5 Å². The summed E-state index contributed by atoms with van der Waals surface area (Å²) in [6.07, 6.45) is 11.7. The molecule has 2 fully saturated rings. The number of amides is 1. The molecule has 24 heavy (non-hydrogen) atoms. The van der Waals surface area contributed by atoms with E-state index in [-0.39, 0.29) is 5.91 Å². The Balaban J connectivity index is 1.53. The Labute approximate surface area is 146 Å². The van der Waals surface area contributed by atoms with Crippen molar-refractivity contribution < 1.29 is 9.21 Å². The number of carbonyl (C=O) groups excluding carboxylic acids is 1. The molecular formula is C18H23N3O2S. The van der Waals surface area contributed by atoms with Gasteiger partial charge in [-0.05, 0) is 43.3 Å². The number of thioether (sulfide) groups is 1. The molecule has 1 aliphatic carbocycles. The van der Waals surface area contributed by atoms with Crippen LogP contribution in [0, 0.1) is 0 Å². The minimum absolute atomic E-state index is 0.141. The lowest BCUT2D eigenvalue weighted by atomic mass is 10.1. The Morgan fingerprint density at radius 2 is 2.17 bits per heavy atom. The lowest BCUT2D eigenvalue weighted by molar-refractivity contribution is 0.0656. The average molecular weight is 345 g/mol. The highest BCUT2D eigenvalue weighted by Crippen LogP contribution is 2.42. The van der Waals surface area contributed by atoms with Crippen LogP contribution in [0.1, 0.15) is 47.7 Å². The van der Waals surface area contributed by atoms with Crippen LogP contribution in [0.3, 0.4) is 0 Å². The molecule has 5 nitrogen and oxygen atoms in total. The lowest BCUT2D eigenvalue weighted by Gasteiger charge is -2.34. The first kappa shape index (κ1) is 15.8. The predicted molar refractivity (Wildman–Crippen MR) is 94.3 cm³/mol. The molecule has 3 heterocycles. The Hall–Kier alpha value is -1.69. The maximum Gasteiger partial charge on any atom is 0.257 e. The van der Waals surface area contributed by atoms with E-state index in [1.165, 1.54) is 0 Å². The zero-order chi connectivity index (χ0) is 16.4. The molecule has 0 spiro atoms. The number of hydrogen-bond acceptors (Lipinski definition) is 4. The number of rotatable bonds is 6. The second kappa shape index (κ2) is 7.05. The van der Waals surface area contributed by atoms with Gasteiger partial charge in [0.25, 0.3) is 5.91 Å². The summed E-state index contributed by atoms with van der Waals surface area (Å²) in [5, 5.41) is 0. The van der Waals surface area contributed by atoms with E-state index in [2.05, 4.69) is 9.88 Å². The van der Waals surface area contributed by atoms with Gasteiger partial charge in [-0.2, -0.15) is 11.8 Å². The van der Waals surface area contributed by atoms with Gasteiger partial charge in [0, 0.05) is 37.4 Å². The second-order valence-corrected chi connectivity index (χ2v) is 7.84. The lowest BCUT2D eigenvalue weighted by Crippen LogP contribution is -2.44. The summed E-state index contributed by atoms with van der Waals surface area (Å²) in [6.45, 7) is 1.51. The van der Waals surface area contributed by atoms with E-state index in [0.29, 0.717) is 12.0 Å². The van der Waals surface area contributed by atoms with Crippen LogP contribution < -0.4 is 0 Å². The topological polar surface area (TPSA) is 51.3 Å². The van der Waals surface area contributed by atoms with Crippen molar-refractivity contribution in [3.05, 3.63) is 42.4 Å². The van der Waals surface area contributed by atoms with Gasteiger partial charge in [0.2, 0.25) is 0 Å². The fourth-order valence-electron chi connectivity index (χ4n) is 3.40. The number of nitrogens with zero attached hydrogens (tertiary/aromatic N) is 3. The first-order valence-electron chi connectivity index (χ1n) is 8.75. The Kier molecular flexibility index (Phi) is 4.65. The molecule has 4 rings (SSSR count). The third-order valence-electron chi connectivity index (χ3n) is 4.92. The van der Waals surface area contributed by atoms with Crippen molar-refractivity contribution in [2.24, 2.45) is 0 Å². The minimum Gasteiger partial charge on any atom is -0.468 e. The Morgan fingerprint density at radius 3 is 2.88 bits per heavy atom. The molecule has 1 amide bonds. The summed E-state index contributed by atoms with van der Waals surface area (Å²) < 4.78 is 7.67. The molecule has 1 saturated heterocycles. The van der Waals surface area contributed by atoms with Crippen molar-refractivity contribution in [1.29, 1.82) is 0 Å². The van der Waals surface area contributed by atoms with E-state index >= 15 is 0 Å². The van der Waals surface area contributed by atoms with Crippen LogP contribution >= 0.6 is 11.8 Å². The number of furan rings is 1. The third-order valence-corrected chi connectivity index (χ3v) is 5.97. The van der Waals surface area contributed by atoms with E-state index in [0.717, 1.165) is 61.6 Å². The second-order valence-electron chi connectivity index (χ2n) is 6.62. The summed E-state index contributed by atoms with van der Waals surface area (Å²) in [5.74, 6) is 3.78. The number of carbonyl (C=O) groups is 1. The zero-order valence-corrected chi connectivity index (χ0v) is 14.6. The maximum absolute atomic E-state index is 13.3. The van der Waals surface area contributed by atoms with Crippen LogP contribution in [0.2, 0.25) is 0 Å². The van der Waals surface area contributed by atoms with Gasteiger partial charge in [0.1, 0.15) is 5.76 Å². The number of hydrogen-bond donors (Lipinski definition) is 0. The van der Waals surface area contributed by atoms with Crippen LogP contribution in [-0.2, 0) is 6.54 Å². The summed E-state index contributed by atoms with van der Waals surface area (Å²) in [5.41, 5.74) is 0.779. The van der Waals surface area contributed by atoms with Crippen LogP contribution in [0.4, 0.5) is 0 Å². The van der Waals surface area contributed by atoms with Crippen molar-refractivity contribution >= 4 is 17.7 Å². The molecule has 0 bridgehead atoms. The van der Waals surface area contributed by atoms with Gasteiger partial charge < -0.3 is 13.9 Å². The van der Waals surface area contributed by atoms with Crippen molar-refractivity contribution in [2.45, 2.75) is 44.2 Å². The number of aromatic nitrogens is 2. The van der Waals surface area contributed by atoms with Crippen molar-refractivity contribution in [3.8, 4) is 0 Å². The maximum atomic E-state index is 13.3. The quantitative estimate of drug-likeness (QED) is 0.805. The third kappa shape index (κ3) is 3.38. The molecular weight excluding hydrogens is 322 g/mol. The molecule has 0 atom stereocenters. The highest BCUT2D eigenvalue weighted by molar-refractivity contribution is 7.99. The van der Waals surface area contributed by atoms with E-state index in [9.17, 15) is 4.79 Å². The molecule has 6 heteroatoms. The fourth-order valence-corrected chi connectivity index (χ4v) is 4.48. The van der Waals surface area contributed by atoms with Crippen LogP contribution in [0.25, 0.3) is 0 Å². The highest BCUT2D eigenvalue weighted by atomic mass is 32.2. The van der Waals surface area contributed by atoms with E-state index in [1.807, 2.05) is 34.9 Å². The summed E-state index contributed by atoms with van der Waals surface area (Å²) in [7, 11) is 0. The summed E-state index contributed by atoms with van der Waals surface area (Å²) in [6, 6.07) is 2.20. The zero-order valence-electron chi connectivity index (χ0n) is 13.8. The van der Waals surface area contributed by atoms with Crippen LogP contribution in [0.5, 0.6) is 0 Å². The highest BCUT2D eigenvalue weighted by Gasteiger charge is 2.34. The predicted octanol–water partition coefficient (Wildman–Crippen LogP) is 3.39. The monoisotopic (exact) mass is 345 g/mol. The average Bonchev–Trinajstić information content (AvgIpc) is 3.12. The van der Waals surface area contributed by atoms with Crippen molar-refractivity contribution in [2.75, 3.05) is 18.1 Å². The molecule has 1 saturated carbocycles. The first-order chi connectivity index (χ1) is 11.8. The fraction of sp³-hybridized carbons (Fsp3) is 0.556. The standard InChI is InChI=1S/C18H23N3O2S/c22-18(16-3-10-23-17(16)14-1-2-14)21(15-4-11-24-12-5-15)9-8-20-7-6-19-13-20/h3,6-7,10,13-15H,1-2,4-5,8-9,11-12H2. The van der Waals surface area contributed by atoms with Crippen molar-refractivity contribution in [3.63, 3.8) is 0 Å². The van der Waals surface area contributed by atoms with E-state index < -0.39 is 0 Å². The Morgan fingerprint density at radius 1 is 1.33 bits per heavy atom. The summed E-state index contributed by atoms with van der Waals surface area (Å²) in [4.78, 5) is 19.4. The SMILES string of the molecule is O=C(c1ccoc1C1CC1)N(CCn1ccnc1)C1CCSCC1. The molecule has 0 radical (unpaired) electrons. The van der Waals surface area contributed by atoms with Crippen molar-refractivity contribution in [1.82, 2.24) is 14.5 Å². The van der Waals surface area contributed by atoms with Gasteiger partial charge in [-0.3, -0.25) is 4.79 Å². The molecule has 0 unspecified atom stereocenters. The molecule has 0 N–H and O–H groups in total. The Bertz CT molecular complexity index is 672. The van der Waals surface area contributed by atoms with Gasteiger partial charge in [-0.15, -0.1) is 0 Å². The normalized spacial score (nSPS) is 18.7. The molecule has 128 valence electrons.